The molecule has 1 saturated carbocycles. The summed E-state index contributed by atoms with van der Waals surface area (Å²) in [5, 5.41) is 0. The fraction of sp³-hybridized carbons (Fsp3) is 0.500. The molecule has 1 aliphatic heterocycles. The Kier molecular flexibility index (Phi) is 10.7. The molecule has 1 aliphatic carbocycles. The molecule has 2 fully saturated rings. The summed E-state index contributed by atoms with van der Waals surface area (Å²) in [7, 11) is 1.40. The van der Waals surface area contributed by atoms with Crippen molar-refractivity contribution < 1.29 is 22.3 Å². The van der Waals surface area contributed by atoms with Crippen LogP contribution in [0, 0.1) is 11.3 Å². The van der Waals surface area contributed by atoms with Gasteiger partial charge in [0, 0.05) is 54.6 Å². The number of aliphatic imine (C=N–C) groups is 2. The molecule has 2 rings (SSSR count). The summed E-state index contributed by atoms with van der Waals surface area (Å²) < 4.78 is 62.9. The number of amidine groups is 1. The smallest absolute Gasteiger partial charge is 0.399 e. The molecule has 2 atom stereocenters. The van der Waals surface area contributed by atoms with Crippen molar-refractivity contribution in [2.75, 3.05) is 26.8 Å². The second kappa shape index (κ2) is 13.1. The minimum Gasteiger partial charge on any atom is -0.399 e. The molecule has 1 saturated heterocycles. The molecule has 2 aliphatic rings. The lowest BCUT2D eigenvalue weighted by atomic mass is 9.63. The van der Waals surface area contributed by atoms with Crippen LogP contribution in [0.3, 0.4) is 0 Å². The Hall–Kier alpha value is -3.14. The third-order valence-corrected chi connectivity index (χ3v) is 6.85. The molecule has 0 amide bonds. The average molecular weight is 538 g/mol. The fourth-order valence-corrected chi connectivity index (χ4v) is 4.51. The second-order valence-corrected chi connectivity index (χ2v) is 9.96. The van der Waals surface area contributed by atoms with E-state index in [0.29, 0.717) is 5.82 Å². The van der Waals surface area contributed by atoms with Gasteiger partial charge < -0.3 is 21.1 Å². The molecule has 10 heteroatoms. The number of rotatable bonds is 12. The van der Waals surface area contributed by atoms with E-state index in [1.54, 1.807) is 26.0 Å². The van der Waals surface area contributed by atoms with E-state index in [1.165, 1.54) is 20.1 Å². The highest BCUT2D eigenvalue weighted by Crippen LogP contribution is 2.49. The van der Waals surface area contributed by atoms with Crippen molar-refractivity contribution in [2.45, 2.75) is 52.3 Å². The van der Waals surface area contributed by atoms with Crippen LogP contribution in [0.2, 0.25) is 0 Å². The number of methoxy groups -OCH3 is 1. The Morgan fingerprint density at radius 2 is 1.82 bits per heavy atom. The lowest BCUT2D eigenvalue weighted by Crippen LogP contribution is -2.58. The maximum atomic E-state index is 14.4. The van der Waals surface area contributed by atoms with Crippen LogP contribution in [0.4, 0.5) is 17.6 Å². The van der Waals surface area contributed by atoms with Crippen molar-refractivity contribution >= 4 is 11.5 Å². The van der Waals surface area contributed by atoms with E-state index in [0.717, 1.165) is 50.1 Å². The van der Waals surface area contributed by atoms with Gasteiger partial charge in [-0.1, -0.05) is 37.3 Å². The van der Waals surface area contributed by atoms with E-state index >= 15 is 0 Å². The Labute approximate surface area is 222 Å². The Bertz CT molecular complexity index is 1070. The SMILES string of the molecule is C=C/C(F)=C\C(/C(C)=N/C(=C\C(=C)N)N1CC2(CCC2)C1)C(N=C(N)/C(=C\C(C)=C/C)COC)C(F)(F)F. The van der Waals surface area contributed by atoms with Gasteiger partial charge in [0.2, 0.25) is 0 Å². The molecule has 2 unspecified atom stereocenters. The van der Waals surface area contributed by atoms with Crippen molar-refractivity contribution in [2.24, 2.45) is 32.8 Å². The minimum atomic E-state index is -4.87. The van der Waals surface area contributed by atoms with Gasteiger partial charge >= 0.3 is 6.18 Å². The summed E-state index contributed by atoms with van der Waals surface area (Å²) in [4.78, 5) is 10.3. The van der Waals surface area contributed by atoms with Crippen molar-refractivity contribution in [1.29, 1.82) is 0 Å². The molecule has 1 spiro atoms. The number of hydrogen-bond donors (Lipinski definition) is 2. The van der Waals surface area contributed by atoms with Crippen molar-refractivity contribution in [3.63, 3.8) is 0 Å². The van der Waals surface area contributed by atoms with E-state index in [1.807, 2.05) is 4.90 Å². The topological polar surface area (TPSA) is 89.2 Å². The maximum Gasteiger partial charge on any atom is 0.411 e. The third kappa shape index (κ3) is 8.18. The third-order valence-electron chi connectivity index (χ3n) is 6.85. The number of hydrogen-bond acceptors (Lipinski definition) is 5. The van der Waals surface area contributed by atoms with Crippen LogP contribution in [0.25, 0.3) is 0 Å². The zero-order valence-corrected chi connectivity index (χ0v) is 22.6. The number of halogens is 4. The summed E-state index contributed by atoms with van der Waals surface area (Å²) in [5.41, 5.74) is 13.3. The van der Waals surface area contributed by atoms with Gasteiger partial charge in [-0.05, 0) is 45.8 Å². The van der Waals surface area contributed by atoms with E-state index in [4.69, 9.17) is 16.2 Å². The number of likely N-dealkylation sites (tertiary alicyclic amines) is 1. The van der Waals surface area contributed by atoms with Gasteiger partial charge in [0.1, 0.15) is 17.5 Å². The average Bonchev–Trinajstić information content (AvgIpc) is 2.77. The highest BCUT2D eigenvalue weighted by atomic mass is 19.4. The first kappa shape index (κ1) is 31.1. The van der Waals surface area contributed by atoms with Gasteiger partial charge in [0.25, 0.3) is 0 Å². The first-order chi connectivity index (χ1) is 17.7. The quantitative estimate of drug-likeness (QED) is 0.144. The van der Waals surface area contributed by atoms with E-state index < -0.39 is 24.0 Å². The molecular weight excluding hydrogens is 498 g/mol. The summed E-state index contributed by atoms with van der Waals surface area (Å²) in [6.45, 7) is 13.4. The molecule has 38 heavy (non-hydrogen) atoms. The van der Waals surface area contributed by atoms with Crippen LogP contribution in [-0.2, 0) is 4.74 Å². The first-order valence-corrected chi connectivity index (χ1v) is 12.4. The first-order valence-electron chi connectivity index (χ1n) is 12.4. The molecular formula is C28H39F4N5O. The number of alkyl halides is 3. The largest absolute Gasteiger partial charge is 0.411 e. The zero-order chi connectivity index (χ0) is 28.7. The lowest BCUT2D eigenvalue weighted by molar-refractivity contribution is -0.150. The summed E-state index contributed by atoms with van der Waals surface area (Å²) in [6.07, 6.45) is 5.03. The number of allylic oxidation sites excluding steroid dienone is 6. The molecule has 0 aromatic heterocycles. The van der Waals surface area contributed by atoms with Crippen molar-refractivity contribution in [1.82, 2.24) is 4.90 Å². The summed E-state index contributed by atoms with van der Waals surface area (Å²) >= 11 is 0. The summed E-state index contributed by atoms with van der Waals surface area (Å²) in [6, 6.07) is -2.42. The Balaban J connectivity index is 2.58. The highest BCUT2D eigenvalue weighted by Gasteiger charge is 2.49. The Morgan fingerprint density at radius 1 is 1.18 bits per heavy atom. The minimum absolute atomic E-state index is 0.00941. The van der Waals surface area contributed by atoms with Gasteiger partial charge in [-0.3, -0.25) is 4.99 Å². The molecule has 0 bridgehead atoms. The molecule has 0 aromatic carbocycles. The van der Waals surface area contributed by atoms with Crippen LogP contribution in [0.1, 0.15) is 40.0 Å². The monoisotopic (exact) mass is 537 g/mol. The van der Waals surface area contributed by atoms with Gasteiger partial charge in [-0.2, -0.15) is 13.2 Å². The maximum absolute atomic E-state index is 14.4. The molecule has 0 aromatic rings. The van der Waals surface area contributed by atoms with E-state index in [9.17, 15) is 17.6 Å². The van der Waals surface area contributed by atoms with Crippen LogP contribution < -0.4 is 11.5 Å². The number of nitrogens with zero attached hydrogens (tertiary/aromatic N) is 3. The fourth-order valence-electron chi connectivity index (χ4n) is 4.51. The lowest BCUT2D eigenvalue weighted by Gasteiger charge is -2.56. The van der Waals surface area contributed by atoms with Gasteiger partial charge in [-0.15, -0.1) is 0 Å². The van der Waals surface area contributed by atoms with Crippen molar-refractivity contribution in [3.8, 4) is 0 Å². The molecule has 6 nitrogen and oxygen atoms in total. The van der Waals surface area contributed by atoms with Gasteiger partial charge in [-0.25, -0.2) is 9.38 Å². The van der Waals surface area contributed by atoms with Gasteiger partial charge in [0.15, 0.2) is 6.04 Å². The normalized spacial score (nSPS) is 21.1. The predicted molar refractivity (Wildman–Crippen MR) is 146 cm³/mol. The van der Waals surface area contributed by atoms with Crippen LogP contribution in [-0.4, -0.2) is 55.5 Å². The summed E-state index contributed by atoms with van der Waals surface area (Å²) in [5.74, 6) is -2.52. The van der Waals surface area contributed by atoms with Gasteiger partial charge in [0.05, 0.1) is 6.61 Å². The van der Waals surface area contributed by atoms with E-state index in [2.05, 4.69) is 23.1 Å². The zero-order valence-electron chi connectivity index (χ0n) is 22.6. The van der Waals surface area contributed by atoms with E-state index in [-0.39, 0.29) is 34.8 Å². The number of ether oxygens (including phenoxy) is 1. The molecule has 4 N–H and O–H groups in total. The second-order valence-electron chi connectivity index (χ2n) is 9.96. The van der Waals surface area contributed by atoms with Crippen LogP contribution in [0.5, 0.6) is 0 Å². The Morgan fingerprint density at radius 3 is 2.26 bits per heavy atom. The van der Waals surface area contributed by atoms with Crippen LogP contribution in [0.15, 0.2) is 82.0 Å². The standard InChI is InChI=1S/C28H39F4N5O/c1-7-18(3)12-21(15-38-6)26(34)36-25(28(30,31)32)23(14-22(29)8-2)20(5)35-24(13-19(4)33)37-16-27(17-37)10-9-11-27/h7-8,12-14,23,25H,2,4,9-11,15-17,33H2,1,3,5-6H3,(H2,34,36)/b18-7-,21-12-,22-14+,24-13+,35-20+. The molecule has 210 valence electrons. The molecule has 0 radical (unpaired) electrons. The van der Waals surface area contributed by atoms with Crippen LogP contribution >= 0.6 is 0 Å². The highest BCUT2D eigenvalue weighted by molar-refractivity contribution is 5.98. The molecule has 1 heterocycles. The van der Waals surface area contributed by atoms with Crippen molar-refractivity contribution in [3.05, 3.63) is 72.0 Å². The predicted octanol–water partition coefficient (Wildman–Crippen LogP) is 5.73. The number of nitrogens with two attached hydrogens (primary N) is 2.